The van der Waals surface area contributed by atoms with Crippen LogP contribution in [0.5, 0.6) is 0 Å². The van der Waals surface area contributed by atoms with Gasteiger partial charge in [0.1, 0.15) is 11.5 Å². The zero-order valence-corrected chi connectivity index (χ0v) is 10.8. The van der Waals surface area contributed by atoms with Crippen LogP contribution in [0.2, 0.25) is 0 Å². The average Bonchev–Trinajstić information content (AvgIpc) is 2.83. The lowest BCUT2D eigenvalue weighted by Crippen LogP contribution is -1.92. The van der Waals surface area contributed by atoms with E-state index in [1.165, 1.54) is 6.07 Å². The number of hydrogen-bond donors (Lipinski definition) is 1. The molecular weight excluding hydrogens is 257 g/mol. The van der Waals surface area contributed by atoms with Crippen LogP contribution in [-0.2, 0) is 4.79 Å². The predicted octanol–water partition coefficient (Wildman–Crippen LogP) is 3.02. The first-order chi connectivity index (χ1) is 9.69. The molecule has 0 spiro atoms. The first kappa shape index (κ1) is 12.3. The largest absolute Gasteiger partial charge is 0.312 e. The first-order valence-electron chi connectivity index (χ1n) is 6.13. The van der Waals surface area contributed by atoms with Gasteiger partial charge in [0.05, 0.1) is 6.20 Å². The van der Waals surface area contributed by atoms with Crippen LogP contribution in [0.3, 0.4) is 0 Å². The number of hydrogen-bond acceptors (Lipinski definition) is 2. The Labute approximate surface area is 114 Å². The molecule has 0 atom stereocenters. The molecule has 0 bridgehead atoms. The Morgan fingerprint density at radius 3 is 2.90 bits per heavy atom. The van der Waals surface area contributed by atoms with E-state index in [4.69, 9.17) is 0 Å². The molecule has 0 saturated heterocycles. The summed E-state index contributed by atoms with van der Waals surface area (Å²) in [6, 6.07) is 8.72. The summed E-state index contributed by atoms with van der Waals surface area (Å²) >= 11 is 0. The molecule has 2 heterocycles. The minimum Gasteiger partial charge on any atom is -0.312 e. The van der Waals surface area contributed by atoms with Crippen LogP contribution in [0.25, 0.3) is 16.8 Å². The fourth-order valence-corrected chi connectivity index (χ4v) is 2.20. The molecule has 4 nitrogen and oxygen atoms in total. The van der Waals surface area contributed by atoms with Crippen molar-refractivity contribution in [3.63, 3.8) is 0 Å². The summed E-state index contributed by atoms with van der Waals surface area (Å²) in [5.74, 6) is 0.254. The summed E-state index contributed by atoms with van der Waals surface area (Å²) in [5, 5.41) is 2.50. The standard InChI is InChI=1S/C15H12FN3O/c1-10-12(3-2-4-13(10)16)11-5-6-15-18-14(17-9-20)8-19(15)7-11/h2-9H,1H3,(H,17,20). The second kappa shape index (κ2) is 4.77. The number of carbonyl (C=O) groups excluding carboxylic acids is 1. The number of imidazole rings is 1. The maximum atomic E-state index is 13.6. The van der Waals surface area contributed by atoms with Crippen molar-refractivity contribution < 1.29 is 9.18 Å². The third-order valence-electron chi connectivity index (χ3n) is 3.24. The van der Waals surface area contributed by atoms with Gasteiger partial charge in [-0.3, -0.25) is 4.79 Å². The van der Waals surface area contributed by atoms with Gasteiger partial charge >= 0.3 is 0 Å². The minimum atomic E-state index is -0.225. The Kier molecular flexibility index (Phi) is 2.95. The summed E-state index contributed by atoms with van der Waals surface area (Å²) in [7, 11) is 0. The molecule has 2 aromatic heterocycles. The molecule has 0 unspecified atom stereocenters. The van der Waals surface area contributed by atoms with Crippen molar-refractivity contribution >= 4 is 17.9 Å². The molecule has 0 radical (unpaired) electrons. The van der Waals surface area contributed by atoms with Gasteiger partial charge in [-0.25, -0.2) is 9.37 Å². The molecule has 1 aromatic carbocycles. The highest BCUT2D eigenvalue weighted by molar-refractivity contribution is 5.72. The van der Waals surface area contributed by atoms with E-state index in [0.29, 0.717) is 23.4 Å². The van der Waals surface area contributed by atoms with E-state index < -0.39 is 0 Å². The molecule has 0 fully saturated rings. The number of benzene rings is 1. The summed E-state index contributed by atoms with van der Waals surface area (Å²) in [6.07, 6.45) is 4.15. The van der Waals surface area contributed by atoms with E-state index in [9.17, 15) is 9.18 Å². The van der Waals surface area contributed by atoms with Crippen molar-refractivity contribution in [2.45, 2.75) is 6.92 Å². The quantitative estimate of drug-likeness (QED) is 0.743. The van der Waals surface area contributed by atoms with Crippen LogP contribution >= 0.6 is 0 Å². The zero-order chi connectivity index (χ0) is 14.1. The summed E-state index contributed by atoms with van der Waals surface area (Å²) in [5.41, 5.74) is 3.06. The zero-order valence-electron chi connectivity index (χ0n) is 10.8. The number of amides is 1. The van der Waals surface area contributed by atoms with Gasteiger partial charge in [0.25, 0.3) is 0 Å². The lowest BCUT2D eigenvalue weighted by molar-refractivity contribution is -0.105. The second-order valence-electron chi connectivity index (χ2n) is 4.48. The van der Waals surface area contributed by atoms with Gasteiger partial charge in [0.2, 0.25) is 6.41 Å². The number of halogens is 1. The third kappa shape index (κ3) is 2.03. The van der Waals surface area contributed by atoms with E-state index in [1.54, 1.807) is 23.6 Å². The van der Waals surface area contributed by atoms with Crippen LogP contribution in [0.1, 0.15) is 5.56 Å². The van der Waals surface area contributed by atoms with E-state index >= 15 is 0 Å². The van der Waals surface area contributed by atoms with Crippen molar-refractivity contribution in [3.05, 3.63) is 54.1 Å². The lowest BCUT2D eigenvalue weighted by atomic mass is 10.0. The van der Waals surface area contributed by atoms with Crippen LogP contribution in [0, 0.1) is 12.7 Å². The number of rotatable bonds is 3. The van der Waals surface area contributed by atoms with Crippen molar-refractivity contribution in [1.82, 2.24) is 9.38 Å². The molecule has 20 heavy (non-hydrogen) atoms. The molecule has 1 amide bonds. The topological polar surface area (TPSA) is 46.4 Å². The van der Waals surface area contributed by atoms with E-state index in [0.717, 1.165) is 11.1 Å². The Hall–Kier alpha value is -2.69. The molecule has 3 rings (SSSR count). The minimum absolute atomic E-state index is 0.225. The third-order valence-corrected chi connectivity index (χ3v) is 3.24. The van der Waals surface area contributed by atoms with Crippen LogP contribution in [0.15, 0.2) is 42.7 Å². The van der Waals surface area contributed by atoms with Crippen molar-refractivity contribution in [1.29, 1.82) is 0 Å². The smallest absolute Gasteiger partial charge is 0.212 e. The summed E-state index contributed by atoms with van der Waals surface area (Å²) in [6.45, 7) is 1.75. The normalized spacial score (nSPS) is 10.7. The molecular formula is C15H12FN3O. The van der Waals surface area contributed by atoms with E-state index in [1.807, 2.05) is 24.4 Å². The number of aromatic nitrogens is 2. The predicted molar refractivity (Wildman–Crippen MR) is 75.0 cm³/mol. The van der Waals surface area contributed by atoms with Gasteiger partial charge in [-0.15, -0.1) is 0 Å². The van der Waals surface area contributed by atoms with Crippen LogP contribution in [-0.4, -0.2) is 15.8 Å². The molecule has 0 aliphatic carbocycles. The molecule has 1 N–H and O–H groups in total. The van der Waals surface area contributed by atoms with Crippen molar-refractivity contribution in [2.75, 3.05) is 5.32 Å². The van der Waals surface area contributed by atoms with Crippen LogP contribution in [0.4, 0.5) is 10.2 Å². The van der Waals surface area contributed by atoms with Gasteiger partial charge in [0.15, 0.2) is 5.82 Å². The Morgan fingerprint density at radius 2 is 2.10 bits per heavy atom. The van der Waals surface area contributed by atoms with Gasteiger partial charge in [-0.2, -0.15) is 0 Å². The highest BCUT2D eigenvalue weighted by Crippen LogP contribution is 2.25. The fourth-order valence-electron chi connectivity index (χ4n) is 2.20. The summed E-state index contributed by atoms with van der Waals surface area (Å²) in [4.78, 5) is 14.6. The number of nitrogens with zero attached hydrogens (tertiary/aromatic N) is 2. The Balaban J connectivity index is 2.12. The molecule has 5 heteroatoms. The van der Waals surface area contributed by atoms with Crippen molar-refractivity contribution in [3.8, 4) is 11.1 Å². The van der Waals surface area contributed by atoms with E-state index in [2.05, 4.69) is 10.3 Å². The molecule has 0 aliphatic rings. The van der Waals surface area contributed by atoms with Gasteiger partial charge in [0, 0.05) is 6.20 Å². The SMILES string of the molecule is Cc1c(F)cccc1-c1ccc2nc(NC=O)cn2c1. The van der Waals surface area contributed by atoms with Gasteiger partial charge in [-0.1, -0.05) is 12.1 Å². The summed E-state index contributed by atoms with van der Waals surface area (Å²) < 4.78 is 15.4. The average molecular weight is 269 g/mol. The number of pyridine rings is 1. The highest BCUT2D eigenvalue weighted by Gasteiger charge is 2.07. The lowest BCUT2D eigenvalue weighted by Gasteiger charge is -2.07. The first-order valence-corrected chi connectivity index (χ1v) is 6.13. The molecule has 0 aliphatic heterocycles. The molecule has 100 valence electrons. The van der Waals surface area contributed by atoms with Gasteiger partial charge < -0.3 is 9.72 Å². The number of carbonyl (C=O) groups is 1. The monoisotopic (exact) mass is 269 g/mol. The van der Waals surface area contributed by atoms with E-state index in [-0.39, 0.29) is 5.82 Å². The molecule has 3 aromatic rings. The maximum absolute atomic E-state index is 13.6. The van der Waals surface area contributed by atoms with Crippen LogP contribution < -0.4 is 5.32 Å². The second-order valence-corrected chi connectivity index (χ2v) is 4.48. The number of anilines is 1. The maximum Gasteiger partial charge on any atom is 0.212 e. The Morgan fingerprint density at radius 1 is 1.25 bits per heavy atom. The fraction of sp³-hybridized carbons (Fsp3) is 0.0667. The van der Waals surface area contributed by atoms with Gasteiger partial charge in [-0.05, 0) is 41.8 Å². The molecule has 0 saturated carbocycles. The number of fused-ring (bicyclic) bond motifs is 1. The Bertz CT molecular complexity index is 795. The highest BCUT2D eigenvalue weighted by atomic mass is 19.1. The number of nitrogens with one attached hydrogen (secondary N) is 1. The van der Waals surface area contributed by atoms with Crippen molar-refractivity contribution in [2.24, 2.45) is 0 Å².